The zero-order chi connectivity index (χ0) is 22.2. The lowest BCUT2D eigenvalue weighted by atomic mass is 9.97. The number of hydrogen-bond donors (Lipinski definition) is 2. The maximum atomic E-state index is 13.1. The first-order chi connectivity index (χ1) is 14.7. The number of thioether (sulfide) groups is 1. The van der Waals surface area contributed by atoms with E-state index >= 15 is 0 Å². The Labute approximate surface area is 186 Å². The maximum absolute atomic E-state index is 13.1. The Morgan fingerprint density at radius 2 is 1.90 bits per heavy atom. The number of sulfonamides is 1. The summed E-state index contributed by atoms with van der Waals surface area (Å²) in [7, 11) is -3.70. The fourth-order valence-electron chi connectivity index (χ4n) is 3.82. The molecule has 0 aromatic heterocycles. The van der Waals surface area contributed by atoms with Crippen LogP contribution in [0.1, 0.15) is 25.3 Å². The van der Waals surface area contributed by atoms with Crippen LogP contribution in [0.15, 0.2) is 52.3 Å². The molecule has 31 heavy (non-hydrogen) atoms. The molecule has 164 valence electrons. The molecule has 1 saturated heterocycles. The SMILES string of the molecule is Cc1cccc(NC(=O)C2CCN(S(=O)(=O)c3ccc4c(c3)NC(=O)C(C)S4)CC2)c1. The number of amides is 2. The lowest BCUT2D eigenvalue weighted by Gasteiger charge is -2.31. The number of piperidine rings is 1. The maximum Gasteiger partial charge on any atom is 0.243 e. The predicted octanol–water partition coefficient (Wildman–Crippen LogP) is 3.47. The van der Waals surface area contributed by atoms with Gasteiger partial charge in [0.15, 0.2) is 0 Å². The van der Waals surface area contributed by atoms with Gasteiger partial charge in [-0.2, -0.15) is 4.31 Å². The van der Waals surface area contributed by atoms with E-state index in [9.17, 15) is 18.0 Å². The van der Waals surface area contributed by atoms with Gasteiger partial charge in [-0.15, -0.1) is 11.8 Å². The first kappa shape index (κ1) is 21.9. The molecule has 2 aliphatic heterocycles. The average molecular weight is 460 g/mol. The van der Waals surface area contributed by atoms with Gasteiger partial charge in [-0.05, 0) is 62.6 Å². The van der Waals surface area contributed by atoms with E-state index in [2.05, 4.69) is 10.6 Å². The van der Waals surface area contributed by atoms with Crippen molar-refractivity contribution in [1.29, 1.82) is 0 Å². The van der Waals surface area contributed by atoms with E-state index in [1.54, 1.807) is 12.1 Å². The largest absolute Gasteiger partial charge is 0.326 e. The van der Waals surface area contributed by atoms with Crippen molar-refractivity contribution in [3.8, 4) is 0 Å². The van der Waals surface area contributed by atoms with Crippen LogP contribution < -0.4 is 10.6 Å². The summed E-state index contributed by atoms with van der Waals surface area (Å²) in [4.78, 5) is 25.6. The Kier molecular flexibility index (Phi) is 6.09. The zero-order valence-electron chi connectivity index (χ0n) is 17.4. The number of aryl methyl sites for hydroxylation is 1. The van der Waals surface area contributed by atoms with Gasteiger partial charge in [0.25, 0.3) is 0 Å². The summed E-state index contributed by atoms with van der Waals surface area (Å²) in [6.07, 6.45) is 0.928. The van der Waals surface area contributed by atoms with Gasteiger partial charge in [0.2, 0.25) is 21.8 Å². The van der Waals surface area contributed by atoms with Crippen LogP contribution >= 0.6 is 11.8 Å². The summed E-state index contributed by atoms with van der Waals surface area (Å²) in [6, 6.07) is 12.5. The van der Waals surface area contributed by atoms with Crippen molar-refractivity contribution in [2.75, 3.05) is 23.7 Å². The minimum Gasteiger partial charge on any atom is -0.326 e. The van der Waals surface area contributed by atoms with Crippen molar-refractivity contribution in [2.45, 2.75) is 41.7 Å². The minimum absolute atomic E-state index is 0.0784. The molecule has 0 aliphatic carbocycles. The van der Waals surface area contributed by atoms with Gasteiger partial charge in [-0.1, -0.05) is 12.1 Å². The van der Waals surface area contributed by atoms with E-state index in [4.69, 9.17) is 0 Å². The summed E-state index contributed by atoms with van der Waals surface area (Å²) in [5.74, 6) is -0.439. The highest BCUT2D eigenvalue weighted by molar-refractivity contribution is 8.01. The zero-order valence-corrected chi connectivity index (χ0v) is 19.1. The molecule has 2 heterocycles. The minimum atomic E-state index is -3.70. The highest BCUT2D eigenvalue weighted by atomic mass is 32.2. The Balaban J connectivity index is 1.42. The van der Waals surface area contributed by atoms with Crippen molar-refractivity contribution in [2.24, 2.45) is 5.92 Å². The van der Waals surface area contributed by atoms with E-state index in [0.717, 1.165) is 16.1 Å². The fourth-order valence-corrected chi connectivity index (χ4v) is 6.25. The smallest absolute Gasteiger partial charge is 0.243 e. The summed E-state index contributed by atoms with van der Waals surface area (Å²) >= 11 is 1.41. The molecule has 9 heteroatoms. The number of nitrogens with one attached hydrogen (secondary N) is 2. The van der Waals surface area contributed by atoms with Crippen molar-refractivity contribution < 1.29 is 18.0 Å². The lowest BCUT2D eigenvalue weighted by Crippen LogP contribution is -2.41. The lowest BCUT2D eigenvalue weighted by molar-refractivity contribution is -0.121. The second kappa shape index (κ2) is 8.64. The van der Waals surface area contributed by atoms with E-state index < -0.39 is 10.0 Å². The Morgan fingerprint density at radius 1 is 1.16 bits per heavy atom. The van der Waals surface area contributed by atoms with Crippen LogP contribution in [0.3, 0.4) is 0 Å². The molecule has 1 fully saturated rings. The van der Waals surface area contributed by atoms with Crippen molar-refractivity contribution >= 4 is 45.0 Å². The number of fused-ring (bicyclic) bond motifs is 1. The second-order valence-electron chi connectivity index (χ2n) is 7.94. The van der Waals surface area contributed by atoms with Crippen LogP contribution in [-0.4, -0.2) is 42.9 Å². The first-order valence-corrected chi connectivity index (χ1v) is 12.6. The van der Waals surface area contributed by atoms with Gasteiger partial charge in [0.1, 0.15) is 0 Å². The number of benzene rings is 2. The van der Waals surface area contributed by atoms with Gasteiger partial charge in [0, 0.05) is 29.6 Å². The van der Waals surface area contributed by atoms with Gasteiger partial charge in [0.05, 0.1) is 15.8 Å². The van der Waals surface area contributed by atoms with Crippen LogP contribution in [0.4, 0.5) is 11.4 Å². The fraction of sp³-hybridized carbons (Fsp3) is 0.364. The number of rotatable bonds is 4. The van der Waals surface area contributed by atoms with Crippen molar-refractivity contribution in [1.82, 2.24) is 4.31 Å². The monoisotopic (exact) mass is 459 g/mol. The third kappa shape index (κ3) is 4.63. The van der Waals surface area contributed by atoms with Crippen molar-refractivity contribution in [3.05, 3.63) is 48.0 Å². The highest BCUT2D eigenvalue weighted by Crippen LogP contribution is 2.37. The van der Waals surface area contributed by atoms with Crippen LogP contribution in [0.25, 0.3) is 0 Å². The third-order valence-corrected chi connectivity index (χ3v) is 8.70. The highest BCUT2D eigenvalue weighted by Gasteiger charge is 2.33. The standard InChI is InChI=1S/C22H25N3O4S2/c1-14-4-3-5-17(12-14)23-22(27)16-8-10-25(11-9-16)31(28,29)18-6-7-20-19(13-18)24-21(26)15(2)30-20/h3-7,12-13,15-16H,8-11H2,1-2H3,(H,23,27)(H,24,26). The third-order valence-electron chi connectivity index (χ3n) is 5.63. The molecule has 2 N–H and O–H groups in total. The summed E-state index contributed by atoms with van der Waals surface area (Å²) in [5.41, 5.74) is 2.35. The van der Waals surface area contributed by atoms with E-state index in [1.165, 1.54) is 22.1 Å². The molecule has 4 rings (SSSR count). The molecule has 2 aromatic rings. The van der Waals surface area contributed by atoms with Crippen molar-refractivity contribution in [3.63, 3.8) is 0 Å². The molecule has 0 radical (unpaired) electrons. The Hall–Kier alpha value is -2.36. The number of carbonyl (C=O) groups is 2. The molecular formula is C22H25N3O4S2. The molecular weight excluding hydrogens is 434 g/mol. The number of carbonyl (C=O) groups excluding carboxylic acids is 2. The molecule has 2 amide bonds. The van der Waals surface area contributed by atoms with Crippen LogP contribution in [0.2, 0.25) is 0 Å². The van der Waals surface area contributed by atoms with Gasteiger partial charge in [-0.25, -0.2) is 8.42 Å². The van der Waals surface area contributed by atoms with E-state index in [0.29, 0.717) is 18.5 Å². The number of nitrogens with zero attached hydrogens (tertiary/aromatic N) is 1. The molecule has 1 atom stereocenters. The molecule has 2 aliphatic rings. The van der Waals surface area contributed by atoms with E-state index in [1.807, 2.05) is 38.1 Å². The quantitative estimate of drug-likeness (QED) is 0.730. The normalized spacial score (nSPS) is 20.1. The molecule has 0 saturated carbocycles. The number of anilines is 2. The van der Waals surface area contributed by atoms with Crippen LogP contribution in [0, 0.1) is 12.8 Å². The second-order valence-corrected chi connectivity index (χ2v) is 11.3. The van der Waals surface area contributed by atoms with Crippen LogP contribution in [0.5, 0.6) is 0 Å². The summed E-state index contributed by atoms with van der Waals surface area (Å²) in [5, 5.41) is 5.50. The van der Waals surface area contributed by atoms with E-state index in [-0.39, 0.29) is 41.0 Å². The molecule has 0 bridgehead atoms. The average Bonchev–Trinajstić information content (AvgIpc) is 2.74. The summed E-state index contributed by atoms with van der Waals surface area (Å²) in [6.45, 7) is 4.34. The molecule has 0 spiro atoms. The van der Waals surface area contributed by atoms with Gasteiger partial charge in [-0.3, -0.25) is 9.59 Å². The molecule has 7 nitrogen and oxygen atoms in total. The van der Waals surface area contributed by atoms with Crippen LogP contribution in [-0.2, 0) is 19.6 Å². The predicted molar refractivity (Wildman–Crippen MR) is 122 cm³/mol. The van der Waals surface area contributed by atoms with Gasteiger partial charge >= 0.3 is 0 Å². The topological polar surface area (TPSA) is 95.6 Å². The Bertz CT molecular complexity index is 1130. The summed E-state index contributed by atoms with van der Waals surface area (Å²) < 4.78 is 27.7. The Morgan fingerprint density at radius 3 is 2.61 bits per heavy atom. The molecule has 1 unspecified atom stereocenters. The molecule has 2 aromatic carbocycles. The first-order valence-electron chi connectivity index (χ1n) is 10.2. The number of hydrogen-bond acceptors (Lipinski definition) is 5. The van der Waals surface area contributed by atoms with Gasteiger partial charge < -0.3 is 10.6 Å².